The number of hydrogen-bond donors (Lipinski definition) is 2. The highest BCUT2D eigenvalue weighted by Gasteiger charge is 2.08. The largest absolute Gasteiger partial charge is 0.453 e. The van der Waals surface area contributed by atoms with Crippen LogP contribution >= 0.6 is 23.4 Å². The summed E-state index contributed by atoms with van der Waals surface area (Å²) >= 11 is 7.50. The topological polar surface area (TPSA) is 79.9 Å². The molecule has 6 nitrogen and oxygen atoms in total. The summed E-state index contributed by atoms with van der Waals surface area (Å²) < 4.78 is 4.52. The van der Waals surface area contributed by atoms with Gasteiger partial charge in [-0.3, -0.25) is 5.32 Å². The minimum absolute atomic E-state index is 0.291. The van der Waals surface area contributed by atoms with Crippen LogP contribution < -0.4 is 5.32 Å². The highest BCUT2D eigenvalue weighted by molar-refractivity contribution is 7.99. The van der Waals surface area contributed by atoms with E-state index in [0.29, 0.717) is 22.1 Å². The highest BCUT2D eigenvalue weighted by Crippen LogP contribution is 2.30. The number of pyridine rings is 1. The van der Waals surface area contributed by atoms with Gasteiger partial charge in [-0.1, -0.05) is 29.4 Å². The van der Waals surface area contributed by atoms with Crippen molar-refractivity contribution in [1.29, 1.82) is 0 Å². The van der Waals surface area contributed by atoms with E-state index in [-0.39, 0.29) is 0 Å². The van der Waals surface area contributed by atoms with Crippen molar-refractivity contribution >= 4 is 46.6 Å². The van der Waals surface area contributed by atoms with E-state index in [4.69, 9.17) is 11.6 Å². The number of nitrogens with zero attached hydrogens (tertiary/aromatic N) is 2. The molecule has 0 aliphatic carbocycles. The van der Waals surface area contributed by atoms with Crippen LogP contribution in [0.2, 0.25) is 5.02 Å². The standard InChI is InChI=1S/C14H11ClN4O2S/c1-21-14(20)19-13-17-11-6-10(7-16-12(11)18-13)22-9-4-2-3-8(15)5-9/h2-7H,1H3,(H2,16,17,18,19,20). The molecule has 3 aromatic rings. The highest BCUT2D eigenvalue weighted by atomic mass is 35.5. The second-order valence-corrected chi connectivity index (χ2v) is 5.88. The van der Waals surface area contributed by atoms with Gasteiger partial charge in [-0.2, -0.15) is 0 Å². The number of carbonyl (C=O) groups is 1. The van der Waals surface area contributed by atoms with E-state index in [0.717, 1.165) is 9.79 Å². The van der Waals surface area contributed by atoms with Gasteiger partial charge >= 0.3 is 6.09 Å². The van der Waals surface area contributed by atoms with E-state index in [1.54, 1.807) is 6.20 Å². The fourth-order valence-electron chi connectivity index (χ4n) is 1.81. The molecular formula is C14H11ClN4O2S. The van der Waals surface area contributed by atoms with E-state index >= 15 is 0 Å². The zero-order chi connectivity index (χ0) is 15.5. The third-order valence-electron chi connectivity index (χ3n) is 2.75. The molecule has 0 saturated carbocycles. The van der Waals surface area contributed by atoms with Gasteiger partial charge in [0.25, 0.3) is 0 Å². The number of methoxy groups -OCH3 is 1. The van der Waals surface area contributed by atoms with Crippen molar-refractivity contribution in [1.82, 2.24) is 15.0 Å². The lowest BCUT2D eigenvalue weighted by Crippen LogP contribution is -2.11. The average molecular weight is 335 g/mol. The first-order valence-corrected chi connectivity index (χ1v) is 7.47. The minimum Gasteiger partial charge on any atom is -0.453 e. The van der Waals surface area contributed by atoms with E-state index in [1.165, 1.54) is 18.9 Å². The molecule has 2 heterocycles. The summed E-state index contributed by atoms with van der Waals surface area (Å²) in [7, 11) is 1.29. The van der Waals surface area contributed by atoms with Gasteiger partial charge in [0.2, 0.25) is 5.95 Å². The third kappa shape index (κ3) is 3.32. The summed E-state index contributed by atoms with van der Waals surface area (Å²) in [5.41, 5.74) is 1.24. The second-order valence-electron chi connectivity index (χ2n) is 4.30. The second kappa shape index (κ2) is 6.25. The fourth-order valence-corrected chi connectivity index (χ4v) is 2.94. The van der Waals surface area contributed by atoms with E-state index in [2.05, 4.69) is 25.0 Å². The Balaban J connectivity index is 1.84. The summed E-state index contributed by atoms with van der Waals surface area (Å²) in [6.07, 6.45) is 1.14. The van der Waals surface area contributed by atoms with Crippen molar-refractivity contribution in [2.45, 2.75) is 9.79 Å². The molecule has 0 aliphatic rings. The predicted octanol–water partition coefficient (Wildman–Crippen LogP) is 3.94. The number of H-pyrrole nitrogens is 1. The fraction of sp³-hybridized carbons (Fsp3) is 0.0714. The number of fused-ring (bicyclic) bond motifs is 1. The van der Waals surface area contributed by atoms with E-state index in [9.17, 15) is 4.79 Å². The lowest BCUT2D eigenvalue weighted by atomic mass is 10.4. The summed E-state index contributed by atoms with van der Waals surface area (Å²) in [4.78, 5) is 24.5. The number of hydrogen-bond acceptors (Lipinski definition) is 5. The Kier molecular flexibility index (Phi) is 4.17. The first-order valence-electron chi connectivity index (χ1n) is 6.28. The molecule has 1 amide bonds. The van der Waals surface area contributed by atoms with Crippen LogP contribution in [-0.4, -0.2) is 28.2 Å². The predicted molar refractivity (Wildman–Crippen MR) is 85.5 cm³/mol. The zero-order valence-corrected chi connectivity index (χ0v) is 13.0. The summed E-state index contributed by atoms with van der Waals surface area (Å²) in [6, 6.07) is 9.45. The van der Waals surface area contributed by atoms with E-state index in [1.807, 2.05) is 30.3 Å². The van der Waals surface area contributed by atoms with Crippen LogP contribution in [0.1, 0.15) is 0 Å². The molecule has 0 spiro atoms. The number of rotatable bonds is 3. The normalized spacial score (nSPS) is 10.6. The number of aromatic nitrogens is 3. The molecule has 0 atom stereocenters. The smallest absolute Gasteiger partial charge is 0.413 e. The number of amides is 1. The quantitative estimate of drug-likeness (QED) is 0.758. The van der Waals surface area contributed by atoms with Crippen LogP contribution in [0.15, 0.2) is 46.3 Å². The molecule has 1 aromatic carbocycles. The van der Waals surface area contributed by atoms with Gasteiger partial charge in [0.15, 0.2) is 5.65 Å². The van der Waals surface area contributed by atoms with Crippen LogP contribution in [-0.2, 0) is 4.74 Å². The zero-order valence-electron chi connectivity index (χ0n) is 11.5. The maximum atomic E-state index is 11.2. The number of imidazole rings is 1. The van der Waals surface area contributed by atoms with Crippen LogP contribution in [0.3, 0.4) is 0 Å². The van der Waals surface area contributed by atoms with Crippen molar-refractivity contribution in [3.05, 3.63) is 41.6 Å². The molecule has 0 fully saturated rings. The van der Waals surface area contributed by atoms with Gasteiger partial charge in [-0.15, -0.1) is 0 Å². The minimum atomic E-state index is -0.590. The molecular weight excluding hydrogens is 324 g/mol. The molecule has 8 heteroatoms. The van der Waals surface area contributed by atoms with Crippen LogP contribution in [0.4, 0.5) is 10.7 Å². The van der Waals surface area contributed by atoms with Crippen molar-refractivity contribution in [2.75, 3.05) is 12.4 Å². The van der Waals surface area contributed by atoms with Gasteiger partial charge < -0.3 is 9.72 Å². The number of aromatic amines is 1. The molecule has 0 bridgehead atoms. The van der Waals surface area contributed by atoms with Crippen LogP contribution in [0, 0.1) is 0 Å². The Morgan fingerprint density at radius 3 is 3.00 bits per heavy atom. The number of ether oxygens (including phenoxy) is 1. The molecule has 0 aliphatic heterocycles. The van der Waals surface area contributed by atoms with Gasteiger partial charge in [-0.25, -0.2) is 14.8 Å². The van der Waals surface area contributed by atoms with Crippen molar-refractivity contribution < 1.29 is 9.53 Å². The third-order valence-corrected chi connectivity index (χ3v) is 3.93. The number of halogens is 1. The molecule has 2 aromatic heterocycles. The van der Waals surface area contributed by atoms with Crippen molar-refractivity contribution in [2.24, 2.45) is 0 Å². The summed E-state index contributed by atoms with van der Waals surface area (Å²) in [5, 5.41) is 3.15. The Hall–Kier alpha value is -2.25. The molecule has 0 unspecified atom stereocenters. The van der Waals surface area contributed by atoms with Gasteiger partial charge in [0.05, 0.1) is 7.11 Å². The van der Waals surface area contributed by atoms with E-state index < -0.39 is 6.09 Å². The molecule has 2 N–H and O–H groups in total. The van der Waals surface area contributed by atoms with Crippen LogP contribution in [0.5, 0.6) is 0 Å². The molecule has 0 saturated heterocycles. The summed E-state index contributed by atoms with van der Waals surface area (Å²) in [6.45, 7) is 0. The Morgan fingerprint density at radius 1 is 1.36 bits per heavy atom. The number of nitrogens with one attached hydrogen (secondary N) is 2. The number of benzene rings is 1. The molecule has 0 radical (unpaired) electrons. The molecule has 112 valence electrons. The maximum Gasteiger partial charge on any atom is 0.413 e. The van der Waals surface area contributed by atoms with Crippen molar-refractivity contribution in [3.63, 3.8) is 0 Å². The molecule has 22 heavy (non-hydrogen) atoms. The first kappa shape index (κ1) is 14.7. The Bertz CT molecular complexity index is 837. The van der Waals surface area contributed by atoms with Gasteiger partial charge in [-0.05, 0) is 24.3 Å². The lowest BCUT2D eigenvalue weighted by Gasteiger charge is -2.01. The van der Waals surface area contributed by atoms with Crippen LogP contribution in [0.25, 0.3) is 11.2 Å². The monoisotopic (exact) mass is 334 g/mol. The van der Waals surface area contributed by atoms with Gasteiger partial charge in [0, 0.05) is 21.0 Å². The SMILES string of the molecule is COC(=O)Nc1nc2cc(Sc3cccc(Cl)c3)cnc2[nH]1. The van der Waals surface area contributed by atoms with Gasteiger partial charge in [0.1, 0.15) is 5.52 Å². The van der Waals surface area contributed by atoms with Crippen molar-refractivity contribution in [3.8, 4) is 0 Å². The Labute approximate surface area is 135 Å². The first-order chi connectivity index (χ1) is 10.6. The Morgan fingerprint density at radius 2 is 2.23 bits per heavy atom. The maximum absolute atomic E-state index is 11.2. The average Bonchev–Trinajstić information content (AvgIpc) is 2.88. The number of anilines is 1. The molecule has 3 rings (SSSR count). The summed E-state index contributed by atoms with van der Waals surface area (Å²) in [5.74, 6) is 0.291. The number of carbonyl (C=O) groups excluding carboxylic acids is 1. The lowest BCUT2D eigenvalue weighted by molar-refractivity contribution is 0.186.